The summed E-state index contributed by atoms with van der Waals surface area (Å²) in [5.74, 6) is 0. The highest BCUT2D eigenvalue weighted by molar-refractivity contribution is 5.81. The second-order valence-electron chi connectivity index (χ2n) is 7.32. The van der Waals surface area contributed by atoms with E-state index >= 15 is 0 Å². The maximum atomic E-state index is 3.63. The van der Waals surface area contributed by atoms with Gasteiger partial charge in [0.15, 0.2) is 0 Å². The molecule has 0 aromatic heterocycles. The number of hydrogen-bond acceptors (Lipinski definition) is 1. The van der Waals surface area contributed by atoms with E-state index < -0.39 is 0 Å². The van der Waals surface area contributed by atoms with Gasteiger partial charge in [-0.1, -0.05) is 56.3 Å². The Kier molecular flexibility index (Phi) is 3.28. The molecule has 3 aromatic carbocycles. The number of para-hydroxylation sites is 1. The highest BCUT2D eigenvalue weighted by atomic mass is 14.9. The molecule has 0 fully saturated rings. The zero-order valence-corrected chi connectivity index (χ0v) is 14.8. The molecule has 1 N–H and O–H groups in total. The fraction of sp³-hybridized carbons (Fsp3) is 0.217. The van der Waals surface area contributed by atoms with E-state index in [2.05, 4.69) is 93.7 Å². The van der Waals surface area contributed by atoms with Crippen molar-refractivity contribution in [2.24, 2.45) is 0 Å². The van der Waals surface area contributed by atoms with E-state index in [4.69, 9.17) is 0 Å². The van der Waals surface area contributed by atoms with Gasteiger partial charge in [-0.2, -0.15) is 0 Å². The largest absolute Gasteiger partial charge is 0.355 e. The molecule has 1 heteroatoms. The number of fused-ring (bicyclic) bond motifs is 2. The first-order valence-corrected chi connectivity index (χ1v) is 8.56. The molecule has 0 saturated carbocycles. The van der Waals surface area contributed by atoms with Crippen molar-refractivity contribution in [3.63, 3.8) is 0 Å². The van der Waals surface area contributed by atoms with Crippen molar-refractivity contribution in [2.75, 3.05) is 5.32 Å². The number of hydrogen-bond donors (Lipinski definition) is 1. The van der Waals surface area contributed by atoms with Gasteiger partial charge in [-0.05, 0) is 65.4 Å². The first-order chi connectivity index (χ1) is 11.5. The lowest BCUT2D eigenvalue weighted by Gasteiger charge is -2.36. The monoisotopic (exact) mass is 313 g/mol. The Morgan fingerprint density at radius 2 is 1.38 bits per heavy atom. The lowest BCUT2D eigenvalue weighted by molar-refractivity contribution is 0.638. The van der Waals surface area contributed by atoms with Gasteiger partial charge in [0.25, 0.3) is 0 Å². The van der Waals surface area contributed by atoms with Crippen LogP contribution in [0.15, 0.2) is 60.7 Å². The number of nitrogens with one attached hydrogen (secondary N) is 1. The zero-order valence-electron chi connectivity index (χ0n) is 14.8. The van der Waals surface area contributed by atoms with Crippen molar-refractivity contribution in [3.05, 3.63) is 82.9 Å². The summed E-state index contributed by atoms with van der Waals surface area (Å²) in [5, 5.41) is 3.63. The summed E-state index contributed by atoms with van der Waals surface area (Å²) in [4.78, 5) is 0. The highest BCUT2D eigenvalue weighted by Crippen LogP contribution is 2.47. The zero-order chi connectivity index (χ0) is 16.9. The van der Waals surface area contributed by atoms with Crippen molar-refractivity contribution in [2.45, 2.75) is 33.1 Å². The standard InChI is InChI=1S/C23H23N/c1-15-9-5-6-10-17(15)18-14-20-22(13-16(18)2)24-21-12-8-7-11-19(21)23(20,3)4/h5-14,24H,1-4H3. The second kappa shape index (κ2) is 5.24. The molecular formula is C23H23N. The minimum atomic E-state index is -0.0116. The van der Waals surface area contributed by atoms with Crippen LogP contribution in [0.4, 0.5) is 11.4 Å². The lowest BCUT2D eigenvalue weighted by atomic mass is 9.73. The summed E-state index contributed by atoms with van der Waals surface area (Å²) < 4.78 is 0. The van der Waals surface area contributed by atoms with Crippen LogP contribution < -0.4 is 5.32 Å². The van der Waals surface area contributed by atoms with E-state index in [0.717, 1.165) is 0 Å². The van der Waals surface area contributed by atoms with Crippen molar-refractivity contribution >= 4 is 11.4 Å². The Bertz CT molecular complexity index is 935. The predicted octanol–water partition coefficient (Wildman–Crippen LogP) is 6.35. The number of aryl methyl sites for hydroxylation is 2. The van der Waals surface area contributed by atoms with Gasteiger partial charge in [0.1, 0.15) is 0 Å². The van der Waals surface area contributed by atoms with Crippen LogP contribution in [0.2, 0.25) is 0 Å². The molecule has 1 aliphatic heterocycles. The summed E-state index contributed by atoms with van der Waals surface area (Å²) in [6.07, 6.45) is 0. The average Bonchev–Trinajstić information content (AvgIpc) is 2.55. The summed E-state index contributed by atoms with van der Waals surface area (Å²) in [6, 6.07) is 22.0. The van der Waals surface area contributed by atoms with Gasteiger partial charge in [0.2, 0.25) is 0 Å². The van der Waals surface area contributed by atoms with E-state index in [1.165, 1.54) is 44.8 Å². The van der Waals surface area contributed by atoms with Gasteiger partial charge in [-0.15, -0.1) is 0 Å². The summed E-state index contributed by atoms with van der Waals surface area (Å²) >= 11 is 0. The molecule has 0 atom stereocenters. The van der Waals surface area contributed by atoms with Crippen molar-refractivity contribution in [1.82, 2.24) is 0 Å². The molecule has 0 radical (unpaired) electrons. The Hall–Kier alpha value is -2.54. The van der Waals surface area contributed by atoms with E-state index in [1.54, 1.807) is 0 Å². The summed E-state index contributed by atoms with van der Waals surface area (Å²) in [6.45, 7) is 9.04. The van der Waals surface area contributed by atoms with E-state index in [-0.39, 0.29) is 5.41 Å². The molecule has 24 heavy (non-hydrogen) atoms. The number of benzene rings is 3. The van der Waals surface area contributed by atoms with E-state index in [9.17, 15) is 0 Å². The maximum absolute atomic E-state index is 3.63. The third-order valence-electron chi connectivity index (χ3n) is 5.34. The van der Waals surface area contributed by atoms with Gasteiger partial charge in [-0.3, -0.25) is 0 Å². The van der Waals surface area contributed by atoms with Gasteiger partial charge in [0, 0.05) is 16.8 Å². The van der Waals surface area contributed by atoms with Gasteiger partial charge in [0.05, 0.1) is 0 Å². The quantitative estimate of drug-likeness (QED) is 0.551. The molecule has 1 aliphatic rings. The van der Waals surface area contributed by atoms with Crippen LogP contribution in [-0.2, 0) is 5.41 Å². The lowest BCUT2D eigenvalue weighted by Crippen LogP contribution is -2.26. The van der Waals surface area contributed by atoms with Gasteiger partial charge < -0.3 is 5.32 Å². The molecule has 0 amide bonds. The first kappa shape index (κ1) is 15.0. The van der Waals surface area contributed by atoms with Crippen molar-refractivity contribution < 1.29 is 0 Å². The SMILES string of the molecule is Cc1ccccc1-c1cc2c(cc1C)Nc1ccccc1C2(C)C. The van der Waals surface area contributed by atoms with Crippen LogP contribution >= 0.6 is 0 Å². The number of anilines is 2. The Balaban J connectivity index is 1.95. The minimum absolute atomic E-state index is 0.0116. The molecule has 4 rings (SSSR count). The molecule has 0 aliphatic carbocycles. The van der Waals surface area contributed by atoms with E-state index in [0.29, 0.717) is 0 Å². The average molecular weight is 313 g/mol. The van der Waals surface area contributed by atoms with Crippen LogP contribution in [-0.4, -0.2) is 0 Å². The van der Waals surface area contributed by atoms with Crippen LogP contribution in [0.3, 0.4) is 0 Å². The predicted molar refractivity (Wildman–Crippen MR) is 103 cm³/mol. The minimum Gasteiger partial charge on any atom is -0.355 e. The molecule has 0 bridgehead atoms. The molecule has 1 nitrogen and oxygen atoms in total. The smallest absolute Gasteiger partial charge is 0.0428 e. The molecule has 3 aromatic rings. The highest BCUT2D eigenvalue weighted by Gasteiger charge is 2.33. The fourth-order valence-electron chi connectivity index (χ4n) is 3.92. The molecule has 0 saturated heterocycles. The molecule has 0 spiro atoms. The van der Waals surface area contributed by atoms with Crippen LogP contribution in [0.25, 0.3) is 11.1 Å². The topological polar surface area (TPSA) is 12.0 Å². The van der Waals surface area contributed by atoms with Crippen LogP contribution in [0.5, 0.6) is 0 Å². The van der Waals surface area contributed by atoms with Crippen LogP contribution in [0.1, 0.15) is 36.1 Å². The molecule has 0 unspecified atom stereocenters. The third kappa shape index (κ3) is 2.16. The Morgan fingerprint density at radius 1 is 0.667 bits per heavy atom. The molecule has 120 valence electrons. The van der Waals surface area contributed by atoms with Crippen LogP contribution in [0, 0.1) is 13.8 Å². The third-order valence-corrected chi connectivity index (χ3v) is 5.34. The Morgan fingerprint density at radius 3 is 2.17 bits per heavy atom. The van der Waals surface area contributed by atoms with Gasteiger partial charge in [-0.25, -0.2) is 0 Å². The number of rotatable bonds is 1. The molecule has 1 heterocycles. The van der Waals surface area contributed by atoms with Crippen molar-refractivity contribution in [3.8, 4) is 11.1 Å². The first-order valence-electron chi connectivity index (χ1n) is 8.56. The maximum Gasteiger partial charge on any atom is 0.0428 e. The summed E-state index contributed by atoms with van der Waals surface area (Å²) in [7, 11) is 0. The molecular weight excluding hydrogens is 290 g/mol. The van der Waals surface area contributed by atoms with E-state index in [1.807, 2.05) is 0 Å². The second-order valence-corrected chi connectivity index (χ2v) is 7.32. The van der Waals surface area contributed by atoms with Gasteiger partial charge >= 0.3 is 0 Å². The fourth-order valence-corrected chi connectivity index (χ4v) is 3.92. The summed E-state index contributed by atoms with van der Waals surface area (Å²) in [5.41, 5.74) is 10.5. The Labute approximate surface area is 144 Å². The normalized spacial score (nSPS) is 14.5. The van der Waals surface area contributed by atoms with Crippen molar-refractivity contribution in [1.29, 1.82) is 0 Å².